The van der Waals surface area contributed by atoms with Crippen LogP contribution in [0.25, 0.3) is 10.9 Å². The summed E-state index contributed by atoms with van der Waals surface area (Å²) in [5.74, 6) is 2.22. The number of nitrogens with one attached hydrogen (secondary N) is 1. The number of aliphatic imine (C=N–C) groups is 2. The third kappa shape index (κ3) is 5.42. The van der Waals surface area contributed by atoms with Crippen LogP contribution in [0.3, 0.4) is 0 Å². The molecule has 1 fully saturated rings. The van der Waals surface area contributed by atoms with Gasteiger partial charge in [-0.05, 0) is 63.3 Å². The zero-order chi connectivity index (χ0) is 31.9. The van der Waals surface area contributed by atoms with Gasteiger partial charge in [-0.3, -0.25) is 14.6 Å². The first-order valence-corrected chi connectivity index (χ1v) is 15.1. The molecule has 1 atom stereocenters. The van der Waals surface area contributed by atoms with Crippen molar-refractivity contribution in [2.45, 2.75) is 12.8 Å². The first-order chi connectivity index (χ1) is 21.6. The number of amidine groups is 1. The summed E-state index contributed by atoms with van der Waals surface area (Å²) >= 11 is 0. The van der Waals surface area contributed by atoms with Crippen LogP contribution in [0.1, 0.15) is 28.9 Å². The number of amides is 2. The maximum Gasteiger partial charge on any atom is 0.272 e. The zero-order valence-electron chi connectivity index (χ0n) is 26.7. The number of anilines is 1. The van der Waals surface area contributed by atoms with Gasteiger partial charge in [0.25, 0.3) is 5.91 Å². The summed E-state index contributed by atoms with van der Waals surface area (Å²) in [5, 5.41) is 3.90. The van der Waals surface area contributed by atoms with E-state index in [4.69, 9.17) is 14.5 Å². The van der Waals surface area contributed by atoms with Crippen LogP contribution in [0.4, 0.5) is 5.69 Å². The standard InChI is InChI=1S/C34H39N7O4/c1-38(2)21-31(42)40-15-12-22(13-16-40)32-28-20-35-14-17-41(28,4)33(37-32)23-10-11-25(30(18-23)45-6)36-34(43)27-19-24-26(39(27)3)8-7-9-29(24)44-5/h7-11,14,17-20,22H,12-13,15-16,21H2,1-6H3/p+1. The number of likely N-dealkylation sites (N-methyl/N-ethyl adjacent to an activating group) is 1. The molecule has 4 heterocycles. The number of benzene rings is 2. The fourth-order valence-corrected chi connectivity index (χ4v) is 6.50. The summed E-state index contributed by atoms with van der Waals surface area (Å²) in [6, 6.07) is 13.3. The molecule has 1 N–H and O–H groups in total. The van der Waals surface area contributed by atoms with Gasteiger partial charge in [-0.1, -0.05) is 6.07 Å². The normalized spacial score (nSPS) is 19.7. The number of fused-ring (bicyclic) bond motifs is 2. The van der Waals surface area contributed by atoms with Crippen molar-refractivity contribution in [3.05, 3.63) is 77.5 Å². The van der Waals surface area contributed by atoms with Crippen molar-refractivity contribution < 1.29 is 23.5 Å². The van der Waals surface area contributed by atoms with E-state index >= 15 is 0 Å². The Morgan fingerprint density at radius 3 is 2.53 bits per heavy atom. The number of piperidine rings is 1. The van der Waals surface area contributed by atoms with Crippen LogP contribution in [-0.4, -0.2) is 97.7 Å². The van der Waals surface area contributed by atoms with Gasteiger partial charge in [0.15, 0.2) is 5.70 Å². The summed E-state index contributed by atoms with van der Waals surface area (Å²) in [6.07, 6.45) is 7.43. The lowest BCUT2D eigenvalue weighted by molar-refractivity contribution is -0.713. The van der Waals surface area contributed by atoms with E-state index in [9.17, 15) is 9.59 Å². The molecule has 3 aliphatic rings. The molecule has 1 aromatic heterocycles. The van der Waals surface area contributed by atoms with Crippen molar-refractivity contribution >= 4 is 40.5 Å². The maximum absolute atomic E-state index is 13.5. The van der Waals surface area contributed by atoms with Crippen molar-refractivity contribution in [1.82, 2.24) is 14.4 Å². The van der Waals surface area contributed by atoms with Crippen LogP contribution in [0.15, 0.2) is 76.2 Å². The number of ether oxygens (including phenoxy) is 2. The Morgan fingerprint density at radius 2 is 1.82 bits per heavy atom. The molecule has 2 amide bonds. The smallest absolute Gasteiger partial charge is 0.272 e. The largest absolute Gasteiger partial charge is 0.496 e. The third-order valence-electron chi connectivity index (χ3n) is 8.97. The van der Waals surface area contributed by atoms with Crippen LogP contribution < -0.4 is 14.8 Å². The number of carbonyl (C=O) groups excluding carboxylic acids is 2. The Hall–Kier alpha value is -4.74. The average Bonchev–Trinajstić information content (AvgIpc) is 3.55. The summed E-state index contributed by atoms with van der Waals surface area (Å²) in [4.78, 5) is 39.7. The number of hydrogen-bond acceptors (Lipinski definition) is 7. The summed E-state index contributed by atoms with van der Waals surface area (Å²) < 4.78 is 13.5. The van der Waals surface area contributed by atoms with E-state index in [1.54, 1.807) is 20.4 Å². The lowest BCUT2D eigenvalue weighted by Gasteiger charge is -2.33. The molecule has 234 valence electrons. The fraction of sp³-hybridized carbons (Fsp3) is 0.353. The van der Waals surface area contributed by atoms with E-state index in [0.29, 0.717) is 47.0 Å². The minimum Gasteiger partial charge on any atom is -0.496 e. The van der Waals surface area contributed by atoms with Gasteiger partial charge in [-0.25, -0.2) is 4.48 Å². The molecule has 0 aliphatic carbocycles. The van der Waals surface area contributed by atoms with Gasteiger partial charge in [0, 0.05) is 31.4 Å². The van der Waals surface area contributed by atoms with Crippen LogP contribution in [0.2, 0.25) is 0 Å². The lowest BCUT2D eigenvalue weighted by Crippen LogP contribution is -2.44. The second kappa shape index (κ2) is 12.0. The molecule has 45 heavy (non-hydrogen) atoms. The number of carbonyl (C=O) groups is 2. The summed E-state index contributed by atoms with van der Waals surface area (Å²) in [7, 11) is 11.0. The Balaban J connectivity index is 1.26. The molecular weight excluding hydrogens is 570 g/mol. The highest BCUT2D eigenvalue weighted by atomic mass is 16.5. The number of nitrogens with zero attached hydrogens (tertiary/aromatic N) is 6. The van der Waals surface area contributed by atoms with E-state index in [1.165, 1.54) is 0 Å². The number of hydrogen-bond donors (Lipinski definition) is 1. The first-order valence-electron chi connectivity index (χ1n) is 15.1. The van der Waals surface area contributed by atoms with Crippen LogP contribution in [-0.2, 0) is 11.8 Å². The minimum atomic E-state index is -0.254. The van der Waals surface area contributed by atoms with Crippen LogP contribution >= 0.6 is 0 Å². The predicted octanol–water partition coefficient (Wildman–Crippen LogP) is 4.22. The van der Waals surface area contributed by atoms with Crippen molar-refractivity contribution in [3.63, 3.8) is 0 Å². The second-order valence-corrected chi connectivity index (χ2v) is 12.1. The van der Waals surface area contributed by atoms with Crippen LogP contribution in [0.5, 0.6) is 11.5 Å². The van der Waals surface area contributed by atoms with Crippen molar-refractivity contribution in [3.8, 4) is 11.5 Å². The number of quaternary nitrogens is 1. The molecule has 0 saturated carbocycles. The van der Waals surface area contributed by atoms with Gasteiger partial charge in [0.2, 0.25) is 11.7 Å². The molecule has 6 rings (SSSR count). The van der Waals surface area contributed by atoms with Gasteiger partial charge < -0.3 is 29.2 Å². The predicted molar refractivity (Wildman–Crippen MR) is 176 cm³/mol. The number of methoxy groups -OCH3 is 2. The van der Waals surface area contributed by atoms with E-state index in [0.717, 1.165) is 46.5 Å². The van der Waals surface area contributed by atoms with Crippen molar-refractivity contribution in [2.24, 2.45) is 23.0 Å². The quantitative estimate of drug-likeness (QED) is 0.385. The van der Waals surface area contributed by atoms with E-state index in [-0.39, 0.29) is 17.7 Å². The van der Waals surface area contributed by atoms with Gasteiger partial charge in [-0.15, -0.1) is 0 Å². The molecule has 0 radical (unpaired) electrons. The monoisotopic (exact) mass is 610 g/mol. The average molecular weight is 611 g/mol. The topological polar surface area (TPSA) is 101 Å². The number of likely N-dealkylation sites (tertiary alicyclic amines) is 1. The molecule has 11 nitrogen and oxygen atoms in total. The van der Waals surface area contributed by atoms with E-state index in [2.05, 4.69) is 17.4 Å². The van der Waals surface area contributed by atoms with E-state index < -0.39 is 0 Å². The SMILES string of the molecule is COc1cc(C2=NC(C3CCN(C(=O)CN(C)C)CC3)=C3C=NC=C[N+]23C)ccc1NC(=O)c1cc2c(OC)cccc2n1C. The molecular formula is C34H40N7O4+. The molecule has 0 bridgehead atoms. The van der Waals surface area contributed by atoms with Crippen molar-refractivity contribution in [1.29, 1.82) is 0 Å². The molecule has 1 saturated heterocycles. The number of rotatable bonds is 8. The molecule has 3 aromatic rings. The van der Waals surface area contributed by atoms with Gasteiger partial charge in [0.1, 0.15) is 29.1 Å². The Kier molecular flexibility index (Phi) is 8.07. The molecule has 1 unspecified atom stereocenters. The Bertz CT molecular complexity index is 1790. The molecule has 2 aromatic carbocycles. The van der Waals surface area contributed by atoms with E-state index in [1.807, 2.05) is 90.4 Å². The highest BCUT2D eigenvalue weighted by molar-refractivity contribution is 6.08. The van der Waals surface area contributed by atoms with Gasteiger partial charge >= 0.3 is 0 Å². The van der Waals surface area contributed by atoms with Gasteiger partial charge in [-0.2, -0.15) is 4.99 Å². The molecule has 11 heteroatoms. The lowest BCUT2D eigenvalue weighted by atomic mass is 9.92. The second-order valence-electron chi connectivity index (χ2n) is 12.1. The summed E-state index contributed by atoms with van der Waals surface area (Å²) in [6.45, 7) is 1.84. The highest BCUT2D eigenvalue weighted by Gasteiger charge is 2.45. The fourth-order valence-electron chi connectivity index (χ4n) is 6.50. The Morgan fingerprint density at radius 1 is 1.07 bits per heavy atom. The van der Waals surface area contributed by atoms with Crippen LogP contribution in [0, 0.1) is 5.92 Å². The number of aryl methyl sites for hydroxylation is 1. The minimum absolute atomic E-state index is 0.161. The Labute approximate surface area is 263 Å². The first kappa shape index (κ1) is 30.3. The molecule has 0 spiro atoms. The van der Waals surface area contributed by atoms with Crippen molar-refractivity contribution in [2.75, 3.05) is 60.3 Å². The third-order valence-corrected chi connectivity index (χ3v) is 8.97. The van der Waals surface area contributed by atoms with Gasteiger partial charge in [0.05, 0.1) is 57.0 Å². The molecule has 3 aliphatic heterocycles. The highest BCUT2D eigenvalue weighted by Crippen LogP contribution is 2.40. The number of allylic oxidation sites excluding steroid dienone is 2. The number of aromatic nitrogens is 1. The zero-order valence-corrected chi connectivity index (χ0v) is 26.7. The maximum atomic E-state index is 13.5. The summed E-state index contributed by atoms with van der Waals surface area (Å²) in [5.41, 5.74) is 4.90.